The van der Waals surface area contributed by atoms with Crippen molar-refractivity contribution in [1.29, 1.82) is 0 Å². The van der Waals surface area contributed by atoms with E-state index in [-0.39, 0.29) is 19.3 Å². The number of rotatable bonds is 10. The first kappa shape index (κ1) is 29.3. The van der Waals surface area contributed by atoms with E-state index in [0.717, 1.165) is 16.5 Å². The van der Waals surface area contributed by atoms with Gasteiger partial charge in [-0.2, -0.15) is 0 Å². The second kappa shape index (κ2) is 10.9. The number of aryl methyl sites for hydroxylation is 2. The number of hydrogen-bond donors (Lipinski definition) is 5. The Morgan fingerprint density at radius 2 is 1.75 bits per heavy atom. The van der Waals surface area contributed by atoms with Crippen LogP contribution in [-0.4, -0.2) is 59.4 Å². The average Bonchev–Trinajstić information content (AvgIpc) is 3.12. The molecule has 11 heteroatoms. The van der Waals surface area contributed by atoms with Crippen LogP contribution in [0.1, 0.15) is 82.6 Å². The third-order valence-corrected chi connectivity index (χ3v) is 10.6. The molecular formula is C25H39N2O7PS. The highest BCUT2D eigenvalue weighted by Gasteiger charge is 2.52. The van der Waals surface area contributed by atoms with Crippen LogP contribution in [0.4, 0.5) is 0 Å². The lowest BCUT2D eigenvalue weighted by molar-refractivity contribution is -0.0630. The van der Waals surface area contributed by atoms with Gasteiger partial charge in [0.05, 0.1) is 11.7 Å². The van der Waals surface area contributed by atoms with Gasteiger partial charge < -0.3 is 29.9 Å². The van der Waals surface area contributed by atoms with Gasteiger partial charge in [-0.1, -0.05) is 39.9 Å². The molecular weight excluding hydrogens is 503 g/mol. The van der Waals surface area contributed by atoms with Crippen molar-refractivity contribution in [2.24, 2.45) is 0 Å². The Morgan fingerprint density at radius 1 is 1.14 bits per heavy atom. The van der Waals surface area contributed by atoms with Gasteiger partial charge in [-0.15, -0.1) is 0 Å². The summed E-state index contributed by atoms with van der Waals surface area (Å²) in [4.78, 5) is 18.2. The highest BCUT2D eigenvalue weighted by Crippen LogP contribution is 2.61. The van der Waals surface area contributed by atoms with Gasteiger partial charge in [-0.05, 0) is 56.7 Å². The molecule has 3 heterocycles. The molecule has 0 bridgehead atoms. The van der Waals surface area contributed by atoms with Crippen LogP contribution >= 0.6 is 19.8 Å². The van der Waals surface area contributed by atoms with Crippen LogP contribution in [0.15, 0.2) is 12.3 Å². The minimum Gasteiger partial charge on any atom is -0.388 e. The molecule has 3 rings (SSSR count). The molecule has 0 radical (unpaired) electrons. The highest BCUT2D eigenvalue weighted by atomic mass is 32.1. The average molecular weight is 543 g/mol. The molecule has 1 aliphatic rings. The van der Waals surface area contributed by atoms with Gasteiger partial charge in [0.1, 0.15) is 28.6 Å². The van der Waals surface area contributed by atoms with Crippen molar-refractivity contribution in [3.63, 3.8) is 0 Å². The smallest absolute Gasteiger partial charge is 0.359 e. The van der Waals surface area contributed by atoms with Gasteiger partial charge in [0.15, 0.2) is 5.34 Å². The van der Waals surface area contributed by atoms with Crippen molar-refractivity contribution < 1.29 is 34.0 Å². The number of H-pyrrole nitrogens is 1. The molecule has 2 aromatic heterocycles. The largest absolute Gasteiger partial charge is 0.388 e. The number of ether oxygens (including phenoxy) is 1. The molecule has 1 aliphatic heterocycles. The maximum atomic E-state index is 13.2. The summed E-state index contributed by atoms with van der Waals surface area (Å²) in [6.45, 7) is 10.8. The normalized spacial score (nSPS) is 24.8. The van der Waals surface area contributed by atoms with Crippen molar-refractivity contribution >= 4 is 30.8 Å². The minimum absolute atomic E-state index is 0.0481. The first-order valence-electron chi connectivity index (χ1n) is 12.5. The van der Waals surface area contributed by atoms with E-state index in [1.807, 2.05) is 33.8 Å². The number of pyridine rings is 2. The molecule has 0 saturated carbocycles. The fourth-order valence-corrected chi connectivity index (χ4v) is 6.95. The summed E-state index contributed by atoms with van der Waals surface area (Å²) in [5.41, 5.74) is 2.01. The molecule has 0 amide bonds. The SMILES string of the molecule is CCC(CC)(CC1OC(c2cc3c(C)c(C)cnc3[nH]c2=S)C(O)C1O)OP(=O)(O)C(O)(CC)CC. The molecule has 9 nitrogen and oxygen atoms in total. The molecule has 0 spiro atoms. The quantitative estimate of drug-likeness (QED) is 0.212. The van der Waals surface area contributed by atoms with E-state index in [9.17, 15) is 24.8 Å². The lowest BCUT2D eigenvalue weighted by Crippen LogP contribution is -2.42. The number of aromatic nitrogens is 2. The van der Waals surface area contributed by atoms with E-state index in [4.69, 9.17) is 21.5 Å². The number of hydrogen-bond acceptors (Lipinski definition) is 8. The van der Waals surface area contributed by atoms with Crippen LogP contribution in [-0.2, 0) is 13.8 Å². The summed E-state index contributed by atoms with van der Waals surface area (Å²) >= 11 is 5.53. The van der Waals surface area contributed by atoms with E-state index >= 15 is 0 Å². The van der Waals surface area contributed by atoms with E-state index in [1.54, 1.807) is 20.0 Å². The van der Waals surface area contributed by atoms with Gasteiger partial charge in [0.25, 0.3) is 0 Å². The molecule has 1 saturated heterocycles. The van der Waals surface area contributed by atoms with Crippen molar-refractivity contribution in [2.45, 2.75) is 109 Å². The monoisotopic (exact) mass is 542 g/mol. The Labute approximate surface area is 217 Å². The third-order valence-electron chi connectivity index (χ3n) is 7.94. The predicted octanol–water partition coefficient (Wildman–Crippen LogP) is 4.73. The van der Waals surface area contributed by atoms with Gasteiger partial charge >= 0.3 is 7.60 Å². The van der Waals surface area contributed by atoms with Crippen LogP contribution in [0, 0.1) is 18.5 Å². The molecule has 2 aromatic rings. The van der Waals surface area contributed by atoms with E-state index in [0.29, 0.717) is 28.7 Å². The van der Waals surface area contributed by atoms with Crippen molar-refractivity contribution in [3.8, 4) is 0 Å². The zero-order valence-electron chi connectivity index (χ0n) is 21.8. The standard InChI is InChI=1S/C25H39N2O7PS/c1-7-24(8-2,34-35(31,32)25(30,9-3)10-4)12-18-19(28)20(29)21(33-18)17-11-16-15(6)14(5)13-26-22(16)27-23(17)36/h11,13,18-21,28-30H,7-10,12H2,1-6H3,(H,31,32)(H,26,27,36). The molecule has 5 unspecified atom stereocenters. The Bertz CT molecular complexity index is 1190. The second-order valence-corrected chi connectivity index (χ2v) is 12.3. The lowest BCUT2D eigenvalue weighted by Gasteiger charge is -2.40. The van der Waals surface area contributed by atoms with Gasteiger partial charge in [0.2, 0.25) is 0 Å². The zero-order valence-corrected chi connectivity index (χ0v) is 23.5. The summed E-state index contributed by atoms with van der Waals surface area (Å²) in [6.07, 6.45) is -1.74. The zero-order chi connectivity index (χ0) is 27.1. The molecule has 0 aromatic carbocycles. The van der Waals surface area contributed by atoms with Crippen molar-refractivity contribution in [3.05, 3.63) is 33.6 Å². The van der Waals surface area contributed by atoms with E-state index in [1.165, 1.54) is 0 Å². The number of fused-ring (bicyclic) bond motifs is 1. The molecule has 1 fully saturated rings. The summed E-state index contributed by atoms with van der Waals surface area (Å²) < 4.78 is 25.5. The fourth-order valence-electron chi connectivity index (χ4n) is 4.85. The van der Waals surface area contributed by atoms with E-state index < -0.39 is 43.0 Å². The Morgan fingerprint density at radius 3 is 2.31 bits per heavy atom. The number of nitrogens with one attached hydrogen (secondary N) is 1. The van der Waals surface area contributed by atoms with Gasteiger partial charge in [-0.3, -0.25) is 9.09 Å². The molecule has 0 aliphatic carbocycles. The Balaban J connectivity index is 1.93. The summed E-state index contributed by atoms with van der Waals surface area (Å²) in [7, 11) is -4.45. The Kier molecular flexibility index (Phi) is 8.85. The van der Waals surface area contributed by atoms with Crippen molar-refractivity contribution in [2.75, 3.05) is 0 Å². The maximum Gasteiger partial charge on any atom is 0.359 e. The third kappa shape index (κ3) is 5.20. The number of aromatic amines is 1. The summed E-state index contributed by atoms with van der Waals surface area (Å²) in [6, 6.07) is 1.83. The molecule has 5 N–H and O–H groups in total. The molecule has 202 valence electrons. The number of aliphatic hydroxyl groups excluding tert-OH is 2. The predicted molar refractivity (Wildman–Crippen MR) is 140 cm³/mol. The first-order chi connectivity index (χ1) is 16.8. The van der Waals surface area contributed by atoms with Crippen LogP contribution in [0.2, 0.25) is 0 Å². The maximum absolute atomic E-state index is 13.2. The first-order valence-corrected chi connectivity index (χ1v) is 14.5. The van der Waals surface area contributed by atoms with Crippen LogP contribution in [0.25, 0.3) is 11.0 Å². The number of nitrogens with zero attached hydrogens (tertiary/aromatic N) is 1. The molecule has 5 atom stereocenters. The summed E-state index contributed by atoms with van der Waals surface area (Å²) in [5.74, 6) is 0. The fraction of sp³-hybridized carbons (Fsp3) is 0.680. The topological polar surface area (TPSA) is 145 Å². The summed E-state index contributed by atoms with van der Waals surface area (Å²) in [5, 5.41) is 31.6. The van der Waals surface area contributed by atoms with Crippen LogP contribution in [0.3, 0.4) is 0 Å². The Hall–Kier alpha value is -1.23. The van der Waals surface area contributed by atoms with Gasteiger partial charge in [0, 0.05) is 23.6 Å². The lowest BCUT2D eigenvalue weighted by atomic mass is 9.88. The van der Waals surface area contributed by atoms with Crippen LogP contribution < -0.4 is 0 Å². The molecule has 36 heavy (non-hydrogen) atoms. The van der Waals surface area contributed by atoms with E-state index in [2.05, 4.69) is 9.97 Å². The van der Waals surface area contributed by atoms with Crippen molar-refractivity contribution in [1.82, 2.24) is 9.97 Å². The second-order valence-electron chi connectivity index (χ2n) is 9.85. The minimum atomic E-state index is -4.45. The number of aliphatic hydroxyl groups is 3. The highest BCUT2D eigenvalue weighted by molar-refractivity contribution is 7.71. The van der Waals surface area contributed by atoms with Crippen LogP contribution in [0.5, 0.6) is 0 Å². The van der Waals surface area contributed by atoms with Gasteiger partial charge in [-0.25, -0.2) is 4.98 Å².